The third-order valence-electron chi connectivity index (χ3n) is 3.65. The molecule has 1 aromatic heterocycles. The summed E-state index contributed by atoms with van der Waals surface area (Å²) in [6.07, 6.45) is 1.50. The van der Waals surface area contributed by atoms with Gasteiger partial charge in [0.1, 0.15) is 0 Å². The van der Waals surface area contributed by atoms with Crippen molar-refractivity contribution in [1.82, 2.24) is 24.8 Å². The Morgan fingerprint density at radius 1 is 1.21 bits per heavy atom. The van der Waals surface area contributed by atoms with Crippen molar-refractivity contribution >= 4 is 23.4 Å². The van der Waals surface area contributed by atoms with Gasteiger partial charge in [0.05, 0.1) is 23.5 Å². The van der Waals surface area contributed by atoms with Crippen molar-refractivity contribution in [2.45, 2.75) is 13.8 Å². The zero-order valence-corrected chi connectivity index (χ0v) is 14.7. The van der Waals surface area contributed by atoms with Gasteiger partial charge in [0, 0.05) is 20.1 Å². The molecule has 7 nitrogen and oxygen atoms in total. The molecule has 0 saturated heterocycles. The third kappa shape index (κ3) is 3.91. The minimum Gasteiger partial charge on any atom is -0.342 e. The predicted octanol–water partition coefficient (Wildman–Crippen LogP) is 1.86. The van der Waals surface area contributed by atoms with E-state index >= 15 is 0 Å². The van der Waals surface area contributed by atoms with Gasteiger partial charge in [0.2, 0.25) is 5.91 Å². The van der Waals surface area contributed by atoms with E-state index in [2.05, 4.69) is 10.3 Å². The van der Waals surface area contributed by atoms with Gasteiger partial charge in [0.25, 0.3) is 5.91 Å². The van der Waals surface area contributed by atoms with Crippen LogP contribution in [0.2, 0.25) is 5.02 Å². The molecule has 1 aromatic carbocycles. The van der Waals surface area contributed by atoms with E-state index in [1.165, 1.54) is 15.8 Å². The average Bonchev–Trinajstić information content (AvgIpc) is 3.05. The molecular weight excluding hydrogens is 330 g/mol. The fraction of sp³-hybridized carbons (Fsp3) is 0.375. The Morgan fingerprint density at radius 2 is 1.88 bits per heavy atom. The SMILES string of the molecule is CCN(CC)C(=O)CN(C)C(=O)c1cn(-c2ccccc2Cl)nn1. The molecule has 0 unspecified atom stereocenters. The van der Waals surface area contributed by atoms with Crippen LogP contribution in [0.15, 0.2) is 30.5 Å². The molecule has 2 amide bonds. The first kappa shape index (κ1) is 17.9. The highest BCUT2D eigenvalue weighted by Crippen LogP contribution is 2.18. The Morgan fingerprint density at radius 3 is 2.50 bits per heavy atom. The van der Waals surface area contributed by atoms with Crippen LogP contribution in [0.25, 0.3) is 5.69 Å². The van der Waals surface area contributed by atoms with Crippen LogP contribution in [0.5, 0.6) is 0 Å². The topological polar surface area (TPSA) is 71.3 Å². The number of halogens is 1. The van der Waals surface area contributed by atoms with Crippen molar-refractivity contribution in [2.75, 3.05) is 26.7 Å². The molecule has 0 atom stereocenters. The van der Waals surface area contributed by atoms with Gasteiger partial charge in [-0.15, -0.1) is 5.10 Å². The minimum atomic E-state index is -0.367. The summed E-state index contributed by atoms with van der Waals surface area (Å²) in [5.74, 6) is -0.469. The zero-order chi connectivity index (χ0) is 17.7. The highest BCUT2D eigenvalue weighted by molar-refractivity contribution is 6.32. The Labute approximate surface area is 145 Å². The van der Waals surface area contributed by atoms with Crippen molar-refractivity contribution in [1.29, 1.82) is 0 Å². The van der Waals surface area contributed by atoms with E-state index in [0.717, 1.165) is 0 Å². The number of amides is 2. The van der Waals surface area contributed by atoms with Crippen LogP contribution in [0.1, 0.15) is 24.3 Å². The molecule has 0 aliphatic rings. The molecule has 0 radical (unpaired) electrons. The molecule has 128 valence electrons. The number of carbonyl (C=O) groups is 2. The van der Waals surface area contributed by atoms with Crippen molar-refractivity contribution in [3.8, 4) is 5.69 Å². The number of likely N-dealkylation sites (N-methyl/N-ethyl adjacent to an activating group) is 2. The first-order chi connectivity index (χ1) is 11.5. The van der Waals surface area contributed by atoms with Gasteiger partial charge in [-0.1, -0.05) is 28.9 Å². The van der Waals surface area contributed by atoms with Crippen LogP contribution in [0.4, 0.5) is 0 Å². The lowest BCUT2D eigenvalue weighted by Crippen LogP contribution is -2.41. The summed E-state index contributed by atoms with van der Waals surface area (Å²) in [6, 6.07) is 7.13. The molecule has 0 spiro atoms. The number of hydrogen-bond acceptors (Lipinski definition) is 4. The fourth-order valence-electron chi connectivity index (χ4n) is 2.26. The summed E-state index contributed by atoms with van der Waals surface area (Å²) in [5, 5.41) is 8.33. The van der Waals surface area contributed by atoms with Gasteiger partial charge in [-0.3, -0.25) is 9.59 Å². The molecular formula is C16H20ClN5O2. The monoisotopic (exact) mass is 349 g/mol. The predicted molar refractivity (Wildman–Crippen MR) is 91.3 cm³/mol. The molecule has 0 bridgehead atoms. The first-order valence-electron chi connectivity index (χ1n) is 7.68. The Kier molecular flexibility index (Phi) is 5.92. The van der Waals surface area contributed by atoms with Crippen LogP contribution in [0.3, 0.4) is 0 Å². The average molecular weight is 350 g/mol. The summed E-state index contributed by atoms with van der Waals surface area (Å²) >= 11 is 6.11. The molecule has 24 heavy (non-hydrogen) atoms. The normalized spacial score (nSPS) is 10.5. The van der Waals surface area contributed by atoms with E-state index in [1.807, 2.05) is 19.9 Å². The van der Waals surface area contributed by atoms with Crippen LogP contribution < -0.4 is 0 Å². The number of carbonyl (C=O) groups excluding carboxylic acids is 2. The maximum Gasteiger partial charge on any atom is 0.276 e. The lowest BCUT2D eigenvalue weighted by molar-refractivity contribution is -0.131. The van der Waals surface area contributed by atoms with E-state index in [-0.39, 0.29) is 24.1 Å². The van der Waals surface area contributed by atoms with Crippen LogP contribution >= 0.6 is 11.6 Å². The first-order valence-corrected chi connectivity index (χ1v) is 8.06. The molecule has 0 aliphatic heterocycles. The lowest BCUT2D eigenvalue weighted by Gasteiger charge is -2.22. The summed E-state index contributed by atoms with van der Waals surface area (Å²) in [7, 11) is 1.57. The molecule has 0 N–H and O–H groups in total. The van der Waals surface area contributed by atoms with Crippen molar-refractivity contribution in [2.24, 2.45) is 0 Å². The lowest BCUT2D eigenvalue weighted by atomic mass is 10.3. The van der Waals surface area contributed by atoms with Crippen LogP contribution in [-0.2, 0) is 4.79 Å². The molecule has 0 fully saturated rings. The van der Waals surface area contributed by atoms with Gasteiger partial charge >= 0.3 is 0 Å². The number of rotatable bonds is 6. The summed E-state index contributed by atoms with van der Waals surface area (Å²) in [6.45, 7) is 5.02. The molecule has 2 rings (SSSR count). The van der Waals surface area contributed by atoms with E-state index < -0.39 is 0 Å². The summed E-state index contributed by atoms with van der Waals surface area (Å²) in [5.41, 5.74) is 0.789. The number of para-hydroxylation sites is 1. The smallest absolute Gasteiger partial charge is 0.276 e. The second-order valence-corrected chi connectivity index (χ2v) is 5.63. The largest absolute Gasteiger partial charge is 0.342 e. The number of nitrogens with zero attached hydrogens (tertiary/aromatic N) is 5. The molecule has 0 aliphatic carbocycles. The van der Waals surface area contributed by atoms with Crippen molar-refractivity contribution < 1.29 is 9.59 Å². The fourth-order valence-corrected chi connectivity index (χ4v) is 2.49. The number of benzene rings is 1. The third-order valence-corrected chi connectivity index (χ3v) is 3.97. The van der Waals surface area contributed by atoms with E-state index in [4.69, 9.17) is 11.6 Å². The second-order valence-electron chi connectivity index (χ2n) is 5.23. The van der Waals surface area contributed by atoms with Crippen molar-refractivity contribution in [3.05, 3.63) is 41.2 Å². The van der Waals surface area contributed by atoms with Crippen LogP contribution in [0, 0.1) is 0 Å². The van der Waals surface area contributed by atoms with Gasteiger partial charge in [-0.25, -0.2) is 4.68 Å². The van der Waals surface area contributed by atoms with Gasteiger partial charge in [0.15, 0.2) is 5.69 Å². The summed E-state index contributed by atoms with van der Waals surface area (Å²) in [4.78, 5) is 27.5. The summed E-state index contributed by atoms with van der Waals surface area (Å²) < 4.78 is 1.44. The second kappa shape index (κ2) is 7.92. The van der Waals surface area contributed by atoms with E-state index in [9.17, 15) is 9.59 Å². The Balaban J connectivity index is 2.11. The highest BCUT2D eigenvalue weighted by Gasteiger charge is 2.20. The van der Waals surface area contributed by atoms with E-state index in [1.54, 1.807) is 30.1 Å². The van der Waals surface area contributed by atoms with Gasteiger partial charge in [-0.05, 0) is 26.0 Å². The highest BCUT2D eigenvalue weighted by atomic mass is 35.5. The molecule has 0 saturated carbocycles. The Bertz CT molecular complexity index is 727. The van der Waals surface area contributed by atoms with Gasteiger partial charge in [-0.2, -0.15) is 0 Å². The standard InChI is InChI=1S/C16H20ClN5O2/c1-4-21(5-2)15(23)11-20(3)16(24)13-10-22(19-18-13)14-9-7-6-8-12(14)17/h6-10H,4-5,11H2,1-3H3. The van der Waals surface area contributed by atoms with Crippen molar-refractivity contribution in [3.63, 3.8) is 0 Å². The zero-order valence-electron chi connectivity index (χ0n) is 13.9. The molecule has 1 heterocycles. The minimum absolute atomic E-state index is 0.000529. The molecule has 2 aromatic rings. The number of aromatic nitrogens is 3. The number of hydrogen-bond donors (Lipinski definition) is 0. The Hall–Kier alpha value is -2.41. The van der Waals surface area contributed by atoms with Crippen LogP contribution in [-0.4, -0.2) is 63.3 Å². The quantitative estimate of drug-likeness (QED) is 0.798. The maximum atomic E-state index is 12.4. The van der Waals surface area contributed by atoms with Gasteiger partial charge < -0.3 is 9.80 Å². The molecule has 8 heteroatoms. The van der Waals surface area contributed by atoms with E-state index in [0.29, 0.717) is 23.8 Å². The maximum absolute atomic E-state index is 12.4.